The Hall–Kier alpha value is -2.03. The van der Waals surface area contributed by atoms with Gasteiger partial charge in [0, 0.05) is 20.3 Å². The third-order valence-electron chi connectivity index (χ3n) is 2.94. The van der Waals surface area contributed by atoms with Gasteiger partial charge in [-0.1, -0.05) is 32.5 Å². The minimum atomic E-state index is -0.289. The Bertz CT molecular complexity index is 565. The molecule has 1 aromatic rings. The van der Waals surface area contributed by atoms with E-state index in [1.807, 2.05) is 0 Å². The Kier molecular flexibility index (Phi) is 7.27. The Morgan fingerprint density at radius 2 is 1.83 bits per heavy atom. The quantitative estimate of drug-likeness (QED) is 0.364. The molecular weight excluding hydrogens is 330 g/mol. The molecule has 0 bridgehead atoms. The Morgan fingerprint density at radius 1 is 1.29 bits per heavy atom. The highest BCUT2D eigenvalue weighted by Crippen LogP contribution is 2.34. The second-order valence-electron chi connectivity index (χ2n) is 6.23. The fourth-order valence-corrected chi connectivity index (χ4v) is 2.44. The smallest absolute Gasteiger partial charge is 0.337 e. The molecule has 0 saturated carbocycles. The number of rotatable bonds is 6. The normalized spacial score (nSPS) is 12.8. The van der Waals surface area contributed by atoms with E-state index in [1.165, 1.54) is 30.9 Å². The predicted octanol–water partition coefficient (Wildman–Crippen LogP) is 2.26. The van der Waals surface area contributed by atoms with Gasteiger partial charge in [0.2, 0.25) is 11.8 Å². The lowest BCUT2D eigenvalue weighted by Gasteiger charge is -2.26. The maximum absolute atomic E-state index is 11.5. The minimum Gasteiger partial charge on any atom is -0.481 e. The van der Waals surface area contributed by atoms with Gasteiger partial charge >= 0.3 is 6.03 Å². The molecule has 0 aliphatic rings. The molecule has 0 radical (unpaired) electrons. The summed E-state index contributed by atoms with van der Waals surface area (Å²) in [5.41, 5.74) is 2.34. The molecular formula is C15H25N5O3S. The van der Waals surface area contributed by atoms with E-state index < -0.39 is 0 Å². The van der Waals surface area contributed by atoms with Gasteiger partial charge in [-0.2, -0.15) is 15.1 Å². The molecule has 1 heterocycles. The summed E-state index contributed by atoms with van der Waals surface area (Å²) < 4.78 is 10.3. The molecule has 0 aliphatic carbocycles. The summed E-state index contributed by atoms with van der Waals surface area (Å²) in [7, 11) is 6.37. The Labute approximate surface area is 147 Å². The summed E-state index contributed by atoms with van der Waals surface area (Å²) in [6, 6.07) is 1.32. The first-order chi connectivity index (χ1) is 11.2. The maximum Gasteiger partial charge on any atom is 0.337 e. The van der Waals surface area contributed by atoms with Gasteiger partial charge in [0.05, 0.1) is 25.5 Å². The molecule has 1 rings (SSSR count). The lowest BCUT2D eigenvalue weighted by Crippen LogP contribution is -2.32. The summed E-state index contributed by atoms with van der Waals surface area (Å²) in [5, 5.41) is 4.47. The first kappa shape index (κ1) is 20.0. The molecule has 0 saturated heterocycles. The molecule has 0 aliphatic heterocycles. The average Bonchev–Trinajstić information content (AvgIpc) is 2.52. The zero-order valence-electron chi connectivity index (χ0n) is 15.2. The largest absolute Gasteiger partial charge is 0.481 e. The number of methoxy groups -OCH3 is 2. The summed E-state index contributed by atoms with van der Waals surface area (Å²) in [4.78, 5) is 21.6. The van der Waals surface area contributed by atoms with Crippen molar-refractivity contribution in [3.63, 3.8) is 0 Å². The van der Waals surface area contributed by atoms with E-state index in [0.717, 1.165) is 0 Å². The number of thioether (sulfide) groups is 1. The van der Waals surface area contributed by atoms with E-state index in [1.54, 1.807) is 26.4 Å². The highest BCUT2D eigenvalue weighted by Gasteiger charge is 2.26. The van der Waals surface area contributed by atoms with Crippen LogP contribution in [-0.2, 0) is 0 Å². The summed E-state index contributed by atoms with van der Waals surface area (Å²) in [6.07, 6.45) is 1.68. The standard InChI is InChI=1S/C15H25N5O3S/c1-15(2,3)10(9-16-19-14(21)20(4)5)24-13-17-11(22-6)8-12(18-13)23-7/h8-10H,1-7H3,(H,19,21)/b16-9+. The SMILES string of the molecule is COc1cc(OC)nc(SC(/C=N/NC(=O)N(C)C)C(C)(C)C)n1. The topological polar surface area (TPSA) is 88.9 Å². The van der Waals surface area contributed by atoms with Crippen molar-refractivity contribution in [1.29, 1.82) is 0 Å². The van der Waals surface area contributed by atoms with Crippen LogP contribution in [0.3, 0.4) is 0 Å². The van der Waals surface area contributed by atoms with E-state index >= 15 is 0 Å². The fraction of sp³-hybridized carbons (Fsp3) is 0.600. The molecule has 2 amide bonds. The summed E-state index contributed by atoms with van der Waals surface area (Å²) >= 11 is 1.42. The predicted molar refractivity (Wildman–Crippen MR) is 94.9 cm³/mol. The lowest BCUT2D eigenvalue weighted by molar-refractivity contribution is 0.218. The first-order valence-corrected chi connectivity index (χ1v) is 8.19. The third kappa shape index (κ3) is 6.23. The van der Waals surface area contributed by atoms with Crippen molar-refractivity contribution in [3.8, 4) is 11.8 Å². The number of aromatic nitrogens is 2. The van der Waals surface area contributed by atoms with E-state index in [9.17, 15) is 4.79 Å². The molecule has 1 N–H and O–H groups in total. The Morgan fingerprint density at radius 3 is 2.25 bits per heavy atom. The Balaban J connectivity index is 2.95. The van der Waals surface area contributed by atoms with Crippen LogP contribution in [0.2, 0.25) is 0 Å². The van der Waals surface area contributed by atoms with Crippen molar-refractivity contribution in [2.24, 2.45) is 10.5 Å². The van der Waals surface area contributed by atoms with Gasteiger partial charge in [-0.05, 0) is 5.41 Å². The van der Waals surface area contributed by atoms with Crippen molar-refractivity contribution < 1.29 is 14.3 Å². The average molecular weight is 355 g/mol. The van der Waals surface area contributed by atoms with Gasteiger partial charge in [-0.25, -0.2) is 10.2 Å². The van der Waals surface area contributed by atoms with Crippen molar-refractivity contribution >= 4 is 24.0 Å². The van der Waals surface area contributed by atoms with Crippen LogP contribution in [0.1, 0.15) is 20.8 Å². The monoisotopic (exact) mass is 355 g/mol. The van der Waals surface area contributed by atoms with Crippen LogP contribution in [0.5, 0.6) is 11.8 Å². The van der Waals surface area contributed by atoms with Gasteiger partial charge in [0.15, 0.2) is 5.16 Å². The molecule has 0 fully saturated rings. The van der Waals surface area contributed by atoms with Gasteiger partial charge in [0.25, 0.3) is 0 Å². The first-order valence-electron chi connectivity index (χ1n) is 7.31. The van der Waals surface area contributed by atoms with E-state index in [2.05, 4.69) is 41.3 Å². The number of hydrogen-bond acceptors (Lipinski definition) is 7. The number of hydrogen-bond donors (Lipinski definition) is 1. The number of nitrogens with zero attached hydrogens (tertiary/aromatic N) is 4. The summed E-state index contributed by atoms with van der Waals surface area (Å²) in [5.74, 6) is 0.852. The van der Waals surface area contributed by atoms with Crippen LogP contribution in [-0.4, -0.2) is 60.7 Å². The summed E-state index contributed by atoms with van der Waals surface area (Å²) in [6.45, 7) is 6.21. The van der Waals surface area contributed by atoms with Crippen LogP contribution < -0.4 is 14.9 Å². The number of nitrogens with one attached hydrogen (secondary N) is 1. The maximum atomic E-state index is 11.5. The highest BCUT2D eigenvalue weighted by molar-refractivity contribution is 8.00. The van der Waals surface area contributed by atoms with Crippen LogP contribution in [0.4, 0.5) is 4.79 Å². The van der Waals surface area contributed by atoms with Crippen LogP contribution >= 0.6 is 11.8 Å². The van der Waals surface area contributed by atoms with Crippen molar-refractivity contribution in [3.05, 3.63) is 6.07 Å². The second-order valence-corrected chi connectivity index (χ2v) is 7.34. The molecule has 0 aromatic carbocycles. The van der Waals surface area contributed by atoms with Crippen LogP contribution in [0, 0.1) is 5.41 Å². The van der Waals surface area contributed by atoms with Crippen molar-refractivity contribution in [2.45, 2.75) is 31.2 Å². The van der Waals surface area contributed by atoms with E-state index in [4.69, 9.17) is 9.47 Å². The molecule has 0 spiro atoms. The fourth-order valence-electron chi connectivity index (χ4n) is 1.45. The van der Waals surface area contributed by atoms with Gasteiger partial charge in [-0.15, -0.1) is 0 Å². The molecule has 1 aromatic heterocycles. The van der Waals surface area contributed by atoms with Crippen molar-refractivity contribution in [1.82, 2.24) is 20.3 Å². The third-order valence-corrected chi connectivity index (χ3v) is 4.42. The second kappa shape index (κ2) is 8.72. The number of carbonyl (C=O) groups excluding carboxylic acids is 1. The molecule has 24 heavy (non-hydrogen) atoms. The molecule has 1 atom stereocenters. The number of hydrazone groups is 1. The number of carbonyl (C=O) groups is 1. The number of ether oxygens (including phenoxy) is 2. The van der Waals surface area contributed by atoms with Crippen LogP contribution in [0.15, 0.2) is 16.3 Å². The molecule has 1 unspecified atom stereocenters. The zero-order valence-corrected chi connectivity index (χ0v) is 16.0. The minimum absolute atomic E-state index is 0.0724. The van der Waals surface area contributed by atoms with Gasteiger partial charge < -0.3 is 14.4 Å². The molecule has 134 valence electrons. The van der Waals surface area contributed by atoms with Crippen molar-refractivity contribution in [2.75, 3.05) is 28.3 Å². The van der Waals surface area contributed by atoms with E-state index in [0.29, 0.717) is 16.9 Å². The van der Waals surface area contributed by atoms with E-state index in [-0.39, 0.29) is 16.7 Å². The molecule has 8 nitrogen and oxygen atoms in total. The number of urea groups is 1. The van der Waals surface area contributed by atoms with Gasteiger partial charge in [0.1, 0.15) is 0 Å². The van der Waals surface area contributed by atoms with Crippen LogP contribution in [0.25, 0.3) is 0 Å². The highest BCUT2D eigenvalue weighted by atomic mass is 32.2. The molecule has 9 heteroatoms. The lowest BCUT2D eigenvalue weighted by atomic mass is 9.92. The zero-order chi connectivity index (χ0) is 18.3. The number of amides is 2. The van der Waals surface area contributed by atoms with Gasteiger partial charge in [-0.3, -0.25) is 0 Å².